The van der Waals surface area contributed by atoms with Crippen LogP contribution in [0.1, 0.15) is 38.7 Å². The van der Waals surface area contributed by atoms with Gasteiger partial charge in [0.1, 0.15) is 23.9 Å². The Kier molecular flexibility index (Phi) is 10.3. The smallest absolute Gasteiger partial charge is 0.326 e. The van der Waals surface area contributed by atoms with Crippen molar-refractivity contribution in [1.29, 1.82) is 0 Å². The fourth-order valence-corrected chi connectivity index (χ4v) is 2.73. The van der Waals surface area contributed by atoms with Crippen molar-refractivity contribution < 1.29 is 34.5 Å². The largest absolute Gasteiger partial charge is 0.508 e. The van der Waals surface area contributed by atoms with Gasteiger partial charge in [0.05, 0.1) is 6.61 Å². The molecule has 0 saturated heterocycles. The van der Waals surface area contributed by atoms with Crippen LogP contribution in [-0.2, 0) is 25.6 Å². The van der Waals surface area contributed by atoms with E-state index in [1.807, 2.05) is 6.92 Å². The van der Waals surface area contributed by atoms with E-state index in [0.29, 0.717) is 12.0 Å². The molecule has 1 rings (SSSR count). The predicted molar refractivity (Wildman–Crippen MR) is 108 cm³/mol. The molecule has 0 aromatic heterocycles. The fraction of sp³-hybridized carbons (Fsp3) is 0.500. The molecule has 0 radical (unpaired) electrons. The number of rotatable bonds is 12. The Labute approximate surface area is 174 Å². The van der Waals surface area contributed by atoms with Crippen LogP contribution in [-0.4, -0.2) is 63.7 Å². The lowest BCUT2D eigenvalue weighted by Crippen LogP contribution is -2.56. The van der Waals surface area contributed by atoms with Crippen molar-refractivity contribution in [2.24, 2.45) is 0 Å². The van der Waals surface area contributed by atoms with E-state index >= 15 is 0 Å². The van der Waals surface area contributed by atoms with Crippen LogP contribution in [0.3, 0.4) is 0 Å². The topological polar surface area (TPSA) is 165 Å². The average Bonchev–Trinajstić information content (AvgIpc) is 2.69. The molecule has 1 aromatic carbocycles. The van der Waals surface area contributed by atoms with Crippen LogP contribution in [0.15, 0.2) is 24.3 Å². The summed E-state index contributed by atoms with van der Waals surface area (Å²) < 4.78 is 0. The molecule has 0 fully saturated rings. The lowest BCUT2D eigenvalue weighted by Gasteiger charge is -2.23. The predicted octanol–water partition coefficient (Wildman–Crippen LogP) is -0.324. The first kappa shape index (κ1) is 24.9. The van der Waals surface area contributed by atoms with Crippen LogP contribution in [0.5, 0.6) is 5.75 Å². The quantitative estimate of drug-likeness (QED) is 0.268. The first-order valence-electron chi connectivity index (χ1n) is 9.67. The van der Waals surface area contributed by atoms with E-state index in [9.17, 15) is 34.5 Å². The molecule has 0 bridgehead atoms. The number of aliphatic carboxylic acids is 1. The molecule has 10 nitrogen and oxygen atoms in total. The fourth-order valence-electron chi connectivity index (χ4n) is 2.73. The third-order valence-corrected chi connectivity index (χ3v) is 4.35. The highest BCUT2D eigenvalue weighted by atomic mass is 16.4. The number of aliphatic hydroxyl groups excluding tert-OH is 1. The molecule has 166 valence electrons. The van der Waals surface area contributed by atoms with Crippen LogP contribution < -0.4 is 16.0 Å². The number of carboxylic acids is 1. The molecule has 1 aromatic rings. The summed E-state index contributed by atoms with van der Waals surface area (Å²) in [6, 6.07) is 2.44. The van der Waals surface area contributed by atoms with Crippen molar-refractivity contribution >= 4 is 23.7 Å². The number of nitrogens with one attached hydrogen (secondary N) is 3. The molecule has 0 aliphatic carbocycles. The lowest BCUT2D eigenvalue weighted by atomic mass is 10.0. The second-order valence-corrected chi connectivity index (χ2v) is 6.91. The van der Waals surface area contributed by atoms with Crippen molar-refractivity contribution in [3.05, 3.63) is 29.8 Å². The zero-order chi connectivity index (χ0) is 22.7. The van der Waals surface area contributed by atoms with Crippen molar-refractivity contribution in [2.45, 2.75) is 57.7 Å². The van der Waals surface area contributed by atoms with Gasteiger partial charge in [-0.05, 0) is 24.1 Å². The molecule has 6 N–H and O–H groups in total. The first-order valence-corrected chi connectivity index (χ1v) is 9.67. The Balaban J connectivity index is 2.88. The number of hydrogen-bond acceptors (Lipinski definition) is 6. The van der Waals surface area contributed by atoms with Crippen LogP contribution in [0, 0.1) is 0 Å². The number of unbranched alkanes of at least 4 members (excludes halogenated alkanes) is 1. The van der Waals surface area contributed by atoms with Gasteiger partial charge in [-0.15, -0.1) is 0 Å². The summed E-state index contributed by atoms with van der Waals surface area (Å²) in [7, 11) is 0. The molecule has 0 heterocycles. The second-order valence-electron chi connectivity index (χ2n) is 6.91. The zero-order valence-corrected chi connectivity index (χ0v) is 17.1. The van der Waals surface area contributed by atoms with Crippen molar-refractivity contribution in [3.63, 3.8) is 0 Å². The lowest BCUT2D eigenvalue weighted by molar-refractivity contribution is -0.142. The van der Waals surface area contributed by atoms with Crippen molar-refractivity contribution in [3.8, 4) is 5.75 Å². The van der Waals surface area contributed by atoms with E-state index in [4.69, 9.17) is 0 Å². The van der Waals surface area contributed by atoms with Gasteiger partial charge in [0.25, 0.3) is 0 Å². The molecular formula is C20H29N3O7. The van der Waals surface area contributed by atoms with Crippen LogP contribution in [0.25, 0.3) is 0 Å². The number of hydrogen-bond donors (Lipinski definition) is 6. The van der Waals surface area contributed by atoms with E-state index in [0.717, 1.165) is 6.42 Å². The van der Waals surface area contributed by atoms with Gasteiger partial charge in [0, 0.05) is 13.3 Å². The minimum atomic E-state index is -1.25. The maximum Gasteiger partial charge on any atom is 0.326 e. The number of aromatic hydroxyl groups is 1. The van der Waals surface area contributed by atoms with Crippen LogP contribution in [0.2, 0.25) is 0 Å². The number of carboxylic acid groups (broad SMARTS) is 1. The molecule has 1 unspecified atom stereocenters. The molecule has 0 aliphatic rings. The molecule has 30 heavy (non-hydrogen) atoms. The minimum Gasteiger partial charge on any atom is -0.508 e. The van der Waals surface area contributed by atoms with Crippen LogP contribution >= 0.6 is 0 Å². The van der Waals surface area contributed by atoms with Gasteiger partial charge in [-0.3, -0.25) is 14.4 Å². The number of amides is 3. The average molecular weight is 423 g/mol. The van der Waals surface area contributed by atoms with Gasteiger partial charge < -0.3 is 31.3 Å². The number of phenolic OH excluding ortho intramolecular Hbond substituents is 1. The normalized spacial score (nSPS) is 13.6. The Bertz CT molecular complexity index is 736. The molecule has 0 spiro atoms. The Morgan fingerprint density at radius 2 is 1.50 bits per heavy atom. The summed E-state index contributed by atoms with van der Waals surface area (Å²) >= 11 is 0. The highest BCUT2D eigenvalue weighted by molar-refractivity contribution is 5.93. The SMILES string of the molecule is CCCCC(NC(=O)[C@H](CO)NC(C)=O)C(=O)N[C@@H](Cc1ccc(O)cc1)C(=O)O. The molecule has 0 aliphatic heterocycles. The Morgan fingerprint density at radius 3 is 2.00 bits per heavy atom. The van der Waals surface area contributed by atoms with Gasteiger partial charge in [0.15, 0.2) is 0 Å². The molecular weight excluding hydrogens is 394 g/mol. The Morgan fingerprint density at radius 1 is 0.933 bits per heavy atom. The van der Waals surface area contributed by atoms with Crippen molar-refractivity contribution in [1.82, 2.24) is 16.0 Å². The van der Waals surface area contributed by atoms with Crippen molar-refractivity contribution in [2.75, 3.05) is 6.61 Å². The molecule has 10 heteroatoms. The summed E-state index contributed by atoms with van der Waals surface area (Å²) in [5, 5.41) is 35.3. The van der Waals surface area contributed by atoms with Crippen LogP contribution in [0.4, 0.5) is 0 Å². The first-order chi connectivity index (χ1) is 14.2. The standard InChI is InChI=1S/C20H29N3O7/c1-3-4-5-15(22-19(28)17(11-24)21-12(2)25)18(27)23-16(20(29)30)10-13-6-8-14(26)9-7-13/h6-9,15-17,24,26H,3-5,10-11H2,1-2H3,(H,21,25)(H,22,28)(H,23,27)(H,29,30)/t15?,16-,17-/m0/s1. The third-order valence-electron chi connectivity index (χ3n) is 4.35. The van der Waals surface area contributed by atoms with Gasteiger partial charge in [-0.25, -0.2) is 4.79 Å². The summed E-state index contributed by atoms with van der Waals surface area (Å²) in [5.41, 5.74) is 0.598. The maximum atomic E-state index is 12.7. The third kappa shape index (κ3) is 8.48. The summed E-state index contributed by atoms with van der Waals surface area (Å²) in [4.78, 5) is 47.8. The zero-order valence-electron chi connectivity index (χ0n) is 17.1. The number of aliphatic hydroxyl groups is 1. The number of benzene rings is 1. The second kappa shape index (κ2) is 12.4. The highest BCUT2D eigenvalue weighted by Crippen LogP contribution is 2.12. The van der Waals surface area contributed by atoms with E-state index in [1.54, 1.807) is 12.1 Å². The molecule has 3 amide bonds. The number of carbonyl (C=O) groups excluding carboxylic acids is 3. The summed E-state index contributed by atoms with van der Waals surface area (Å²) in [6.45, 7) is 2.44. The van der Waals surface area contributed by atoms with E-state index < -0.39 is 48.4 Å². The molecule has 3 atom stereocenters. The highest BCUT2D eigenvalue weighted by Gasteiger charge is 2.28. The summed E-state index contributed by atoms with van der Waals surface area (Å²) in [6.07, 6.45) is 1.58. The minimum absolute atomic E-state index is 0.0129. The van der Waals surface area contributed by atoms with Gasteiger partial charge in [-0.2, -0.15) is 0 Å². The molecule has 0 saturated carbocycles. The summed E-state index contributed by atoms with van der Waals surface area (Å²) in [5.74, 6) is -3.14. The number of carbonyl (C=O) groups is 4. The van der Waals surface area contributed by atoms with E-state index in [2.05, 4.69) is 16.0 Å². The monoisotopic (exact) mass is 423 g/mol. The van der Waals surface area contributed by atoms with Gasteiger partial charge in [0.2, 0.25) is 17.7 Å². The van der Waals surface area contributed by atoms with Gasteiger partial charge >= 0.3 is 5.97 Å². The van der Waals surface area contributed by atoms with E-state index in [-0.39, 0.29) is 18.6 Å². The Hall–Kier alpha value is -3.14. The number of phenols is 1. The maximum absolute atomic E-state index is 12.7. The van der Waals surface area contributed by atoms with E-state index in [1.165, 1.54) is 19.1 Å². The van der Waals surface area contributed by atoms with Gasteiger partial charge in [-0.1, -0.05) is 31.9 Å².